The lowest BCUT2D eigenvalue weighted by molar-refractivity contribution is 0.128. The maximum absolute atomic E-state index is 5.38. The molecule has 1 aromatic rings. The van der Waals surface area contributed by atoms with Crippen LogP contribution in [0.1, 0.15) is 38.9 Å². The van der Waals surface area contributed by atoms with Gasteiger partial charge >= 0.3 is 0 Å². The molecule has 106 valence electrons. The van der Waals surface area contributed by atoms with Crippen LogP contribution in [0.4, 0.5) is 11.6 Å². The molecule has 2 unspecified atom stereocenters. The molecule has 5 heteroatoms. The predicted molar refractivity (Wildman–Crippen MR) is 77.3 cm³/mol. The van der Waals surface area contributed by atoms with Crippen molar-refractivity contribution in [1.82, 2.24) is 9.97 Å². The van der Waals surface area contributed by atoms with Gasteiger partial charge in [-0.1, -0.05) is 6.92 Å². The van der Waals surface area contributed by atoms with E-state index in [9.17, 15) is 0 Å². The molecular weight excluding hydrogens is 240 g/mol. The van der Waals surface area contributed by atoms with Crippen molar-refractivity contribution in [2.24, 2.45) is 5.92 Å². The fourth-order valence-corrected chi connectivity index (χ4v) is 2.50. The van der Waals surface area contributed by atoms with E-state index in [0.717, 1.165) is 23.4 Å². The van der Waals surface area contributed by atoms with E-state index in [4.69, 9.17) is 4.74 Å². The maximum Gasteiger partial charge on any atom is 0.158 e. The van der Waals surface area contributed by atoms with E-state index >= 15 is 0 Å². The van der Waals surface area contributed by atoms with Crippen LogP contribution >= 0.6 is 0 Å². The van der Waals surface area contributed by atoms with Crippen molar-refractivity contribution in [2.45, 2.75) is 45.8 Å². The first-order valence-corrected chi connectivity index (χ1v) is 7.11. The summed E-state index contributed by atoms with van der Waals surface area (Å²) >= 11 is 0. The van der Waals surface area contributed by atoms with Crippen molar-refractivity contribution >= 4 is 11.6 Å². The van der Waals surface area contributed by atoms with E-state index in [-0.39, 0.29) is 0 Å². The Morgan fingerprint density at radius 3 is 2.74 bits per heavy atom. The minimum Gasteiger partial charge on any atom is -0.374 e. The van der Waals surface area contributed by atoms with Crippen LogP contribution in [0.5, 0.6) is 0 Å². The average molecular weight is 264 g/mol. The molecule has 0 radical (unpaired) electrons. The van der Waals surface area contributed by atoms with Crippen LogP contribution in [-0.2, 0) is 11.3 Å². The number of hydrogen-bond donors (Lipinski definition) is 2. The van der Waals surface area contributed by atoms with Crippen LogP contribution in [0.2, 0.25) is 0 Å². The zero-order chi connectivity index (χ0) is 13.7. The lowest BCUT2D eigenvalue weighted by Crippen LogP contribution is -2.17. The number of ether oxygens (including phenoxy) is 1. The first-order chi connectivity index (χ1) is 9.21. The topological polar surface area (TPSA) is 59.1 Å². The second kappa shape index (κ2) is 6.70. The first kappa shape index (κ1) is 14.1. The minimum atomic E-state index is 0.460. The highest BCUT2D eigenvalue weighted by atomic mass is 16.5. The van der Waals surface area contributed by atoms with Crippen LogP contribution in [-0.4, -0.2) is 29.7 Å². The zero-order valence-electron chi connectivity index (χ0n) is 12.1. The molecule has 19 heavy (non-hydrogen) atoms. The summed E-state index contributed by atoms with van der Waals surface area (Å²) in [5, 5.41) is 6.59. The summed E-state index contributed by atoms with van der Waals surface area (Å²) in [7, 11) is 1.87. The number of nitrogens with one attached hydrogen (secondary N) is 2. The van der Waals surface area contributed by atoms with Crippen molar-refractivity contribution in [3.05, 3.63) is 11.9 Å². The molecule has 1 heterocycles. The molecule has 1 aliphatic rings. The van der Waals surface area contributed by atoms with Gasteiger partial charge in [-0.25, -0.2) is 9.97 Å². The molecule has 2 rings (SSSR count). The van der Waals surface area contributed by atoms with E-state index < -0.39 is 0 Å². The van der Waals surface area contributed by atoms with Crippen LogP contribution in [0, 0.1) is 5.92 Å². The van der Waals surface area contributed by atoms with Crippen molar-refractivity contribution in [3.63, 3.8) is 0 Å². The van der Waals surface area contributed by atoms with Crippen LogP contribution < -0.4 is 10.6 Å². The van der Waals surface area contributed by atoms with Gasteiger partial charge in [-0.15, -0.1) is 0 Å². The largest absolute Gasteiger partial charge is 0.374 e. The van der Waals surface area contributed by atoms with Gasteiger partial charge in [0.15, 0.2) is 5.82 Å². The summed E-state index contributed by atoms with van der Waals surface area (Å²) in [5.74, 6) is 3.26. The standard InChI is InChI=1S/C14H24N4O/c1-4-19-9-14-17-12(15-3)8-13(18-14)16-11-6-5-10(2)7-11/h8,10-11H,4-7,9H2,1-3H3,(H2,15,16,17,18). The van der Waals surface area contributed by atoms with Gasteiger partial charge in [-0.3, -0.25) is 0 Å². The zero-order valence-corrected chi connectivity index (χ0v) is 12.1. The smallest absolute Gasteiger partial charge is 0.158 e. The van der Waals surface area contributed by atoms with Gasteiger partial charge in [0.05, 0.1) is 0 Å². The molecule has 1 saturated carbocycles. The van der Waals surface area contributed by atoms with E-state index in [1.165, 1.54) is 19.3 Å². The average Bonchev–Trinajstić information content (AvgIpc) is 2.81. The normalized spacial score (nSPS) is 22.5. The summed E-state index contributed by atoms with van der Waals surface area (Å²) < 4.78 is 5.38. The lowest BCUT2D eigenvalue weighted by Gasteiger charge is -2.15. The maximum atomic E-state index is 5.38. The Hall–Kier alpha value is -1.36. The van der Waals surface area contributed by atoms with Gasteiger partial charge in [0, 0.05) is 25.8 Å². The van der Waals surface area contributed by atoms with E-state index in [0.29, 0.717) is 19.3 Å². The van der Waals surface area contributed by atoms with Crippen molar-refractivity contribution < 1.29 is 4.74 Å². The molecule has 0 spiro atoms. The van der Waals surface area contributed by atoms with E-state index in [1.807, 2.05) is 20.0 Å². The van der Waals surface area contributed by atoms with E-state index in [2.05, 4.69) is 27.5 Å². The second-order valence-corrected chi connectivity index (χ2v) is 5.20. The molecule has 0 aliphatic heterocycles. The summed E-state index contributed by atoms with van der Waals surface area (Å²) in [6, 6.07) is 2.49. The molecule has 0 amide bonds. The third-order valence-corrected chi connectivity index (χ3v) is 3.51. The summed E-state index contributed by atoms with van der Waals surface area (Å²) in [6.07, 6.45) is 3.74. The monoisotopic (exact) mass is 264 g/mol. The Morgan fingerprint density at radius 1 is 1.32 bits per heavy atom. The third-order valence-electron chi connectivity index (χ3n) is 3.51. The Balaban J connectivity index is 2.05. The van der Waals surface area contributed by atoms with Gasteiger partial charge in [0.25, 0.3) is 0 Å². The molecule has 2 atom stereocenters. The highest BCUT2D eigenvalue weighted by Crippen LogP contribution is 2.27. The first-order valence-electron chi connectivity index (χ1n) is 7.11. The fraction of sp³-hybridized carbons (Fsp3) is 0.714. The van der Waals surface area contributed by atoms with Gasteiger partial charge in [-0.2, -0.15) is 0 Å². The Bertz CT molecular complexity index is 410. The van der Waals surface area contributed by atoms with Crippen LogP contribution in [0.25, 0.3) is 0 Å². The van der Waals surface area contributed by atoms with E-state index in [1.54, 1.807) is 0 Å². The Morgan fingerprint density at radius 2 is 2.11 bits per heavy atom. The fourth-order valence-electron chi connectivity index (χ4n) is 2.50. The molecular formula is C14H24N4O. The van der Waals surface area contributed by atoms with Crippen molar-refractivity contribution in [2.75, 3.05) is 24.3 Å². The highest BCUT2D eigenvalue weighted by Gasteiger charge is 2.21. The van der Waals surface area contributed by atoms with Gasteiger partial charge in [0.2, 0.25) is 0 Å². The molecule has 2 N–H and O–H groups in total. The molecule has 1 fully saturated rings. The molecule has 0 bridgehead atoms. The minimum absolute atomic E-state index is 0.460. The summed E-state index contributed by atoms with van der Waals surface area (Å²) in [6.45, 7) is 5.42. The van der Waals surface area contributed by atoms with Crippen molar-refractivity contribution in [1.29, 1.82) is 0 Å². The Kier molecular flexibility index (Phi) is 4.96. The SMILES string of the molecule is CCOCc1nc(NC)cc(NC2CCC(C)C2)n1. The highest BCUT2D eigenvalue weighted by molar-refractivity contribution is 5.47. The number of hydrogen-bond acceptors (Lipinski definition) is 5. The molecule has 1 aromatic heterocycles. The third kappa shape index (κ3) is 4.06. The summed E-state index contributed by atoms with van der Waals surface area (Å²) in [4.78, 5) is 8.91. The number of aromatic nitrogens is 2. The lowest BCUT2D eigenvalue weighted by atomic mass is 10.1. The molecule has 5 nitrogen and oxygen atoms in total. The quantitative estimate of drug-likeness (QED) is 0.827. The molecule has 0 aromatic carbocycles. The van der Waals surface area contributed by atoms with Crippen molar-refractivity contribution in [3.8, 4) is 0 Å². The van der Waals surface area contributed by atoms with Gasteiger partial charge in [0.1, 0.15) is 18.2 Å². The van der Waals surface area contributed by atoms with Crippen LogP contribution in [0.15, 0.2) is 6.07 Å². The Labute approximate surface area is 115 Å². The van der Waals surface area contributed by atoms with Crippen LogP contribution in [0.3, 0.4) is 0 Å². The molecule has 0 saturated heterocycles. The molecule has 1 aliphatic carbocycles. The number of rotatable bonds is 6. The van der Waals surface area contributed by atoms with Gasteiger partial charge < -0.3 is 15.4 Å². The predicted octanol–water partition coefficient (Wildman–Crippen LogP) is 2.66. The number of nitrogens with zero attached hydrogens (tertiary/aromatic N) is 2. The summed E-state index contributed by atoms with van der Waals surface area (Å²) in [5.41, 5.74) is 0. The number of anilines is 2. The second-order valence-electron chi connectivity index (χ2n) is 5.20. The van der Waals surface area contributed by atoms with Gasteiger partial charge in [-0.05, 0) is 32.1 Å².